The summed E-state index contributed by atoms with van der Waals surface area (Å²) in [6.45, 7) is 6.26. The minimum Gasteiger partial charge on any atom is -0.454 e. The Kier molecular flexibility index (Phi) is 4.47. The van der Waals surface area contributed by atoms with Gasteiger partial charge in [-0.1, -0.05) is 6.07 Å². The molecule has 0 amide bonds. The van der Waals surface area contributed by atoms with Gasteiger partial charge in [-0.05, 0) is 43.9 Å². The number of hydrogen-bond acceptors (Lipinski definition) is 4. The van der Waals surface area contributed by atoms with Gasteiger partial charge in [0.15, 0.2) is 17.5 Å². The summed E-state index contributed by atoms with van der Waals surface area (Å²) in [7, 11) is 0. The van der Waals surface area contributed by atoms with Crippen molar-refractivity contribution in [1.29, 1.82) is 0 Å². The summed E-state index contributed by atoms with van der Waals surface area (Å²) in [6, 6.07) is 7.37. The molecule has 1 saturated carbocycles. The molecule has 1 atom stereocenters. The molecule has 2 fully saturated rings. The minimum atomic E-state index is 0.311. The number of nitrogens with one attached hydrogen (secondary N) is 2. The number of hydrogen-bond donors (Lipinski definition) is 2. The predicted molar refractivity (Wildman–Crippen MR) is 93.5 cm³/mol. The van der Waals surface area contributed by atoms with E-state index in [1.54, 1.807) is 0 Å². The second-order valence-corrected chi connectivity index (χ2v) is 6.74. The number of guanidine groups is 1. The molecule has 6 nitrogen and oxygen atoms in total. The van der Waals surface area contributed by atoms with Crippen molar-refractivity contribution >= 4 is 5.96 Å². The molecule has 130 valence electrons. The quantitative estimate of drug-likeness (QED) is 0.636. The van der Waals surface area contributed by atoms with Gasteiger partial charge < -0.3 is 20.1 Å². The molecule has 2 N–H and O–H groups in total. The number of ether oxygens (including phenoxy) is 2. The van der Waals surface area contributed by atoms with Crippen molar-refractivity contribution in [3.05, 3.63) is 23.8 Å². The smallest absolute Gasteiger partial charge is 0.231 e. The molecule has 3 aliphatic rings. The first kappa shape index (κ1) is 15.6. The van der Waals surface area contributed by atoms with E-state index in [9.17, 15) is 0 Å². The van der Waals surface area contributed by atoms with E-state index in [4.69, 9.17) is 14.5 Å². The molecular weight excluding hydrogens is 304 g/mol. The Bertz CT molecular complexity index is 615. The van der Waals surface area contributed by atoms with Crippen molar-refractivity contribution in [1.82, 2.24) is 15.5 Å². The molecule has 0 aromatic heterocycles. The fraction of sp³-hybridized carbons (Fsp3) is 0.611. The van der Waals surface area contributed by atoms with Gasteiger partial charge in [-0.2, -0.15) is 0 Å². The lowest BCUT2D eigenvalue weighted by atomic mass is 10.2. The van der Waals surface area contributed by atoms with Crippen LogP contribution in [0.2, 0.25) is 0 Å². The molecule has 1 aliphatic carbocycles. The average molecular weight is 330 g/mol. The van der Waals surface area contributed by atoms with Crippen molar-refractivity contribution in [3.63, 3.8) is 0 Å². The van der Waals surface area contributed by atoms with Crippen molar-refractivity contribution in [2.45, 2.75) is 44.8 Å². The molecule has 1 unspecified atom stereocenters. The van der Waals surface area contributed by atoms with Gasteiger partial charge in [0.2, 0.25) is 6.79 Å². The van der Waals surface area contributed by atoms with Gasteiger partial charge in [0.1, 0.15) is 0 Å². The number of nitrogens with zero attached hydrogens (tertiary/aromatic N) is 2. The number of aliphatic imine (C=N–C) groups is 1. The number of likely N-dealkylation sites (tertiary alicyclic amines) is 1. The maximum atomic E-state index is 5.43. The van der Waals surface area contributed by atoms with E-state index in [-0.39, 0.29) is 0 Å². The highest BCUT2D eigenvalue weighted by atomic mass is 16.7. The average Bonchev–Trinajstić information content (AvgIpc) is 3.16. The Balaban J connectivity index is 1.36. The Labute approximate surface area is 143 Å². The monoisotopic (exact) mass is 330 g/mol. The summed E-state index contributed by atoms with van der Waals surface area (Å²) in [4.78, 5) is 7.35. The van der Waals surface area contributed by atoms with Crippen LogP contribution in [0.3, 0.4) is 0 Å². The van der Waals surface area contributed by atoms with Crippen LogP contribution < -0.4 is 20.1 Å². The first-order valence-corrected chi connectivity index (χ1v) is 8.99. The van der Waals surface area contributed by atoms with Crippen LogP contribution in [0.15, 0.2) is 23.2 Å². The van der Waals surface area contributed by atoms with E-state index in [1.807, 2.05) is 18.2 Å². The zero-order valence-electron chi connectivity index (χ0n) is 14.3. The van der Waals surface area contributed by atoms with Crippen molar-refractivity contribution in [2.24, 2.45) is 4.99 Å². The summed E-state index contributed by atoms with van der Waals surface area (Å²) >= 11 is 0. The Morgan fingerprint density at radius 1 is 1.25 bits per heavy atom. The van der Waals surface area contributed by atoms with Gasteiger partial charge >= 0.3 is 0 Å². The van der Waals surface area contributed by atoms with Crippen LogP contribution in [0.25, 0.3) is 0 Å². The summed E-state index contributed by atoms with van der Waals surface area (Å²) in [5, 5.41) is 6.95. The predicted octanol–water partition coefficient (Wildman–Crippen LogP) is 1.71. The third kappa shape index (κ3) is 3.59. The van der Waals surface area contributed by atoms with Gasteiger partial charge in [0.05, 0.1) is 6.54 Å². The Hall–Kier alpha value is -1.95. The van der Waals surface area contributed by atoms with Gasteiger partial charge in [0.25, 0.3) is 0 Å². The molecule has 1 aromatic carbocycles. The van der Waals surface area contributed by atoms with Gasteiger partial charge in [-0.3, -0.25) is 4.90 Å². The van der Waals surface area contributed by atoms with E-state index < -0.39 is 0 Å². The summed E-state index contributed by atoms with van der Waals surface area (Å²) in [5.41, 5.74) is 1.13. The lowest BCUT2D eigenvalue weighted by Crippen LogP contribution is -2.44. The van der Waals surface area contributed by atoms with Gasteiger partial charge in [0, 0.05) is 31.7 Å². The van der Waals surface area contributed by atoms with Crippen molar-refractivity contribution < 1.29 is 9.47 Å². The van der Waals surface area contributed by atoms with Crippen LogP contribution in [0.1, 0.15) is 31.7 Å². The Morgan fingerprint density at radius 3 is 2.96 bits per heavy atom. The van der Waals surface area contributed by atoms with Crippen molar-refractivity contribution in [2.75, 3.05) is 26.4 Å². The van der Waals surface area contributed by atoms with Gasteiger partial charge in [-0.15, -0.1) is 0 Å². The van der Waals surface area contributed by atoms with Crippen LogP contribution in [0, 0.1) is 0 Å². The molecule has 24 heavy (non-hydrogen) atoms. The fourth-order valence-corrected chi connectivity index (χ4v) is 3.40. The second kappa shape index (κ2) is 6.89. The summed E-state index contributed by atoms with van der Waals surface area (Å²) < 4.78 is 10.8. The highest BCUT2D eigenvalue weighted by Gasteiger charge is 2.34. The zero-order valence-corrected chi connectivity index (χ0v) is 14.3. The molecule has 6 heteroatoms. The van der Waals surface area contributed by atoms with E-state index >= 15 is 0 Å². The first-order valence-electron chi connectivity index (χ1n) is 8.99. The fourth-order valence-electron chi connectivity index (χ4n) is 3.40. The Morgan fingerprint density at radius 2 is 2.12 bits per heavy atom. The zero-order chi connectivity index (χ0) is 16.4. The molecular formula is C18H26N4O2. The molecule has 4 rings (SSSR count). The maximum Gasteiger partial charge on any atom is 0.231 e. The topological polar surface area (TPSA) is 58.1 Å². The van der Waals surface area contributed by atoms with Crippen molar-refractivity contribution in [3.8, 4) is 11.5 Å². The van der Waals surface area contributed by atoms with E-state index in [0.29, 0.717) is 19.4 Å². The van der Waals surface area contributed by atoms with Crippen LogP contribution in [0.4, 0.5) is 0 Å². The molecule has 1 saturated heterocycles. The van der Waals surface area contributed by atoms with Crippen LogP contribution >= 0.6 is 0 Å². The molecule has 2 heterocycles. The second-order valence-electron chi connectivity index (χ2n) is 6.74. The maximum absolute atomic E-state index is 5.43. The normalized spacial score (nSPS) is 23.5. The standard InChI is InChI=1S/C18H26N4O2/c1-2-19-18(21-14-7-8-22(11-14)15-4-5-15)20-10-13-3-6-16-17(9-13)24-12-23-16/h3,6,9,14-15H,2,4-5,7-8,10-12H2,1H3,(H2,19,20,21). The van der Waals surface area contributed by atoms with Gasteiger partial charge in [-0.25, -0.2) is 4.99 Å². The van der Waals surface area contributed by atoms with E-state index in [0.717, 1.165) is 42.2 Å². The first-order chi connectivity index (χ1) is 11.8. The van der Waals surface area contributed by atoms with Crippen LogP contribution in [0.5, 0.6) is 11.5 Å². The van der Waals surface area contributed by atoms with Crippen LogP contribution in [-0.4, -0.2) is 49.4 Å². The number of fused-ring (bicyclic) bond motifs is 1. The van der Waals surface area contributed by atoms with E-state index in [1.165, 1.54) is 25.8 Å². The highest BCUT2D eigenvalue weighted by molar-refractivity contribution is 5.80. The number of benzene rings is 1. The third-order valence-corrected chi connectivity index (χ3v) is 4.82. The third-order valence-electron chi connectivity index (χ3n) is 4.82. The molecule has 2 aliphatic heterocycles. The molecule has 0 bridgehead atoms. The molecule has 0 spiro atoms. The lowest BCUT2D eigenvalue weighted by molar-refractivity contribution is 0.174. The summed E-state index contributed by atoms with van der Waals surface area (Å²) in [6.07, 6.45) is 3.96. The number of rotatable bonds is 5. The molecule has 1 aromatic rings. The lowest BCUT2D eigenvalue weighted by Gasteiger charge is -2.18. The molecule has 0 radical (unpaired) electrons. The summed E-state index contributed by atoms with van der Waals surface area (Å²) in [5.74, 6) is 2.54. The SMILES string of the molecule is CCNC(=NCc1ccc2c(c1)OCO2)NC1CCN(C2CC2)C1. The largest absolute Gasteiger partial charge is 0.454 e. The van der Waals surface area contributed by atoms with Crippen LogP contribution in [-0.2, 0) is 6.54 Å². The highest BCUT2D eigenvalue weighted by Crippen LogP contribution is 2.32. The minimum absolute atomic E-state index is 0.311. The van der Waals surface area contributed by atoms with E-state index in [2.05, 4.69) is 22.5 Å².